The largest absolute Gasteiger partial charge is 0.497 e. The maximum absolute atomic E-state index is 12.1. The molecule has 6 heteroatoms. The average molecular weight is 353 g/mol. The number of carbonyl (C=O) groups excluding carboxylic acids is 1. The predicted octanol–water partition coefficient (Wildman–Crippen LogP) is 4.07. The molecular weight excluding hydrogens is 338 g/mol. The Morgan fingerprint density at radius 2 is 1.88 bits per heavy atom. The summed E-state index contributed by atoms with van der Waals surface area (Å²) in [5.41, 5.74) is 3.10. The highest BCUT2D eigenvalue weighted by molar-refractivity contribution is 7.13. The van der Waals surface area contributed by atoms with Gasteiger partial charge in [0.2, 0.25) is 5.78 Å². The summed E-state index contributed by atoms with van der Waals surface area (Å²) in [7, 11) is 3.19. The fourth-order valence-electron chi connectivity index (χ4n) is 2.82. The number of benzene rings is 2. The van der Waals surface area contributed by atoms with Crippen LogP contribution >= 0.6 is 11.3 Å². The quantitative estimate of drug-likeness (QED) is 0.708. The zero-order valence-corrected chi connectivity index (χ0v) is 14.6. The SMILES string of the molecule is COc1ccc(-c2nc(-c3ccc(OC)c4c3OCC4=O)cs2)cc1. The van der Waals surface area contributed by atoms with E-state index in [9.17, 15) is 4.79 Å². The molecule has 0 spiro atoms. The van der Waals surface area contributed by atoms with Crippen LogP contribution in [0, 0.1) is 0 Å². The van der Waals surface area contributed by atoms with Gasteiger partial charge in [0, 0.05) is 16.5 Å². The Balaban J connectivity index is 1.74. The molecule has 0 saturated carbocycles. The Kier molecular flexibility index (Phi) is 3.89. The molecule has 0 amide bonds. The number of methoxy groups -OCH3 is 2. The van der Waals surface area contributed by atoms with Crippen molar-refractivity contribution in [2.24, 2.45) is 0 Å². The number of fused-ring (bicyclic) bond motifs is 1. The van der Waals surface area contributed by atoms with Crippen molar-refractivity contribution < 1.29 is 19.0 Å². The Morgan fingerprint density at radius 3 is 2.60 bits per heavy atom. The molecule has 1 aromatic heterocycles. The number of ether oxygens (including phenoxy) is 3. The van der Waals surface area contributed by atoms with Crippen molar-refractivity contribution in [3.8, 4) is 39.1 Å². The number of aromatic nitrogens is 1. The maximum Gasteiger partial charge on any atom is 0.207 e. The third-order valence-corrected chi connectivity index (χ3v) is 4.97. The van der Waals surface area contributed by atoms with Gasteiger partial charge in [-0.05, 0) is 36.4 Å². The first-order valence-electron chi connectivity index (χ1n) is 7.68. The molecule has 0 atom stereocenters. The van der Waals surface area contributed by atoms with Crippen LogP contribution in [0.25, 0.3) is 21.8 Å². The van der Waals surface area contributed by atoms with E-state index >= 15 is 0 Å². The first-order chi connectivity index (χ1) is 12.2. The summed E-state index contributed by atoms with van der Waals surface area (Å²) in [4.78, 5) is 16.8. The van der Waals surface area contributed by atoms with Crippen molar-refractivity contribution in [1.29, 1.82) is 0 Å². The molecule has 2 heterocycles. The molecule has 0 unspecified atom stereocenters. The fourth-order valence-corrected chi connectivity index (χ4v) is 3.65. The molecule has 0 aliphatic carbocycles. The number of rotatable bonds is 4. The molecular formula is C19H15NO4S. The van der Waals surface area contributed by atoms with Crippen LogP contribution in [-0.2, 0) is 0 Å². The van der Waals surface area contributed by atoms with E-state index in [-0.39, 0.29) is 12.4 Å². The van der Waals surface area contributed by atoms with Crippen LogP contribution in [0.15, 0.2) is 41.8 Å². The number of ketones is 1. The van der Waals surface area contributed by atoms with Gasteiger partial charge in [0.1, 0.15) is 27.8 Å². The molecule has 4 rings (SSSR count). The molecule has 3 aromatic rings. The average Bonchev–Trinajstić information content (AvgIpc) is 3.29. The highest BCUT2D eigenvalue weighted by Crippen LogP contribution is 2.42. The van der Waals surface area contributed by atoms with E-state index in [1.54, 1.807) is 31.6 Å². The van der Waals surface area contributed by atoms with E-state index in [0.29, 0.717) is 17.1 Å². The van der Waals surface area contributed by atoms with E-state index in [2.05, 4.69) is 0 Å². The molecule has 2 aromatic carbocycles. The van der Waals surface area contributed by atoms with E-state index in [1.165, 1.54) is 0 Å². The molecule has 0 radical (unpaired) electrons. The number of hydrogen-bond donors (Lipinski definition) is 0. The van der Waals surface area contributed by atoms with Crippen molar-refractivity contribution >= 4 is 17.1 Å². The topological polar surface area (TPSA) is 57.6 Å². The summed E-state index contributed by atoms with van der Waals surface area (Å²) in [6, 6.07) is 11.4. The van der Waals surface area contributed by atoms with Gasteiger partial charge < -0.3 is 14.2 Å². The molecule has 0 saturated heterocycles. The Bertz CT molecular complexity index is 947. The molecule has 1 aliphatic rings. The Labute approximate surface area is 148 Å². The van der Waals surface area contributed by atoms with Crippen molar-refractivity contribution in [3.63, 3.8) is 0 Å². The van der Waals surface area contributed by atoms with E-state index in [0.717, 1.165) is 27.6 Å². The standard InChI is InChI=1S/C19H15NO4S/c1-22-12-5-3-11(4-6-12)19-20-14(10-25-19)13-7-8-16(23-2)17-15(21)9-24-18(13)17/h3-8,10H,9H2,1-2H3. The number of nitrogens with zero attached hydrogens (tertiary/aromatic N) is 1. The third-order valence-electron chi connectivity index (χ3n) is 4.08. The van der Waals surface area contributed by atoms with Gasteiger partial charge in [0.05, 0.1) is 19.9 Å². The highest BCUT2D eigenvalue weighted by atomic mass is 32.1. The van der Waals surface area contributed by atoms with Crippen molar-refractivity contribution in [3.05, 3.63) is 47.3 Å². The smallest absolute Gasteiger partial charge is 0.207 e. The second-order valence-electron chi connectivity index (χ2n) is 5.50. The second-order valence-corrected chi connectivity index (χ2v) is 6.36. The van der Waals surface area contributed by atoms with Gasteiger partial charge in [0.15, 0.2) is 6.61 Å². The van der Waals surface area contributed by atoms with Crippen molar-refractivity contribution in [2.75, 3.05) is 20.8 Å². The molecule has 5 nitrogen and oxygen atoms in total. The first-order valence-corrected chi connectivity index (χ1v) is 8.56. The molecule has 126 valence electrons. The van der Waals surface area contributed by atoms with Gasteiger partial charge in [-0.3, -0.25) is 4.79 Å². The number of hydrogen-bond acceptors (Lipinski definition) is 6. The normalized spacial score (nSPS) is 12.6. The molecule has 0 fully saturated rings. The van der Waals surface area contributed by atoms with Crippen LogP contribution in [0.1, 0.15) is 10.4 Å². The van der Waals surface area contributed by atoms with Gasteiger partial charge in [-0.25, -0.2) is 4.98 Å². The zero-order valence-electron chi connectivity index (χ0n) is 13.7. The monoisotopic (exact) mass is 353 g/mol. The lowest BCUT2D eigenvalue weighted by atomic mass is 10.0. The van der Waals surface area contributed by atoms with Gasteiger partial charge in [0.25, 0.3) is 0 Å². The van der Waals surface area contributed by atoms with Gasteiger partial charge in [-0.2, -0.15) is 0 Å². The Morgan fingerprint density at radius 1 is 1.08 bits per heavy atom. The fraction of sp³-hybridized carbons (Fsp3) is 0.158. The summed E-state index contributed by atoms with van der Waals surface area (Å²) in [5.74, 6) is 1.82. The van der Waals surface area contributed by atoms with Gasteiger partial charge in [-0.15, -0.1) is 11.3 Å². The van der Waals surface area contributed by atoms with E-state index in [4.69, 9.17) is 19.2 Å². The minimum absolute atomic E-state index is 0.0399. The minimum Gasteiger partial charge on any atom is -0.497 e. The lowest BCUT2D eigenvalue weighted by Crippen LogP contribution is -2.00. The summed E-state index contributed by atoms with van der Waals surface area (Å²) >= 11 is 1.54. The summed E-state index contributed by atoms with van der Waals surface area (Å²) in [6.07, 6.45) is 0. The number of thiazole rings is 1. The number of carbonyl (C=O) groups is 1. The highest BCUT2D eigenvalue weighted by Gasteiger charge is 2.29. The van der Waals surface area contributed by atoms with E-state index < -0.39 is 0 Å². The van der Waals surface area contributed by atoms with Crippen LogP contribution in [0.4, 0.5) is 0 Å². The first kappa shape index (κ1) is 15.7. The summed E-state index contributed by atoms with van der Waals surface area (Å²) in [5, 5.41) is 2.86. The van der Waals surface area contributed by atoms with Crippen LogP contribution in [-0.4, -0.2) is 31.6 Å². The van der Waals surface area contributed by atoms with Crippen LogP contribution in [0.5, 0.6) is 17.2 Å². The third kappa shape index (κ3) is 2.64. The maximum atomic E-state index is 12.1. The summed E-state index contributed by atoms with van der Waals surface area (Å²) < 4.78 is 16.1. The van der Waals surface area contributed by atoms with Crippen LogP contribution in [0.2, 0.25) is 0 Å². The number of Topliss-reactive ketones (excluding diaryl/α,β-unsaturated/α-hetero) is 1. The molecule has 25 heavy (non-hydrogen) atoms. The lowest BCUT2D eigenvalue weighted by Gasteiger charge is -2.08. The lowest BCUT2D eigenvalue weighted by molar-refractivity contribution is 0.0959. The molecule has 1 aliphatic heterocycles. The van der Waals surface area contributed by atoms with Gasteiger partial charge >= 0.3 is 0 Å². The molecule has 0 bridgehead atoms. The van der Waals surface area contributed by atoms with Crippen LogP contribution < -0.4 is 14.2 Å². The van der Waals surface area contributed by atoms with E-state index in [1.807, 2.05) is 35.7 Å². The van der Waals surface area contributed by atoms with Crippen molar-refractivity contribution in [2.45, 2.75) is 0 Å². The second kappa shape index (κ2) is 6.22. The van der Waals surface area contributed by atoms with Gasteiger partial charge in [-0.1, -0.05) is 0 Å². The minimum atomic E-state index is -0.0701. The Hall–Kier alpha value is -2.86. The zero-order chi connectivity index (χ0) is 17.4. The summed E-state index contributed by atoms with van der Waals surface area (Å²) in [6.45, 7) is 0.0399. The van der Waals surface area contributed by atoms with Crippen LogP contribution in [0.3, 0.4) is 0 Å². The molecule has 0 N–H and O–H groups in total. The predicted molar refractivity (Wildman–Crippen MR) is 95.9 cm³/mol. The van der Waals surface area contributed by atoms with Crippen molar-refractivity contribution in [1.82, 2.24) is 4.98 Å².